The lowest BCUT2D eigenvalue weighted by Crippen LogP contribution is -2.30. The van der Waals surface area contributed by atoms with E-state index in [4.69, 9.17) is 16.3 Å². The molecule has 0 bridgehead atoms. The van der Waals surface area contributed by atoms with Gasteiger partial charge in [-0.15, -0.1) is 0 Å². The summed E-state index contributed by atoms with van der Waals surface area (Å²) in [5.41, 5.74) is 2.53. The predicted molar refractivity (Wildman–Crippen MR) is 70.8 cm³/mol. The van der Waals surface area contributed by atoms with Crippen LogP contribution in [-0.4, -0.2) is 25.2 Å². The fraction of sp³-hybridized carbons (Fsp3) is 0.500. The average Bonchev–Trinajstić information content (AvgIpc) is 2.32. The maximum Gasteiger partial charge on any atom is 0.137 e. The Morgan fingerprint density at radius 2 is 2.31 bits per heavy atom. The van der Waals surface area contributed by atoms with E-state index in [1.165, 1.54) is 16.9 Å². The molecule has 1 aliphatic heterocycles. The molecular weight excluding hydrogens is 242 g/mol. The van der Waals surface area contributed by atoms with Gasteiger partial charge in [0.2, 0.25) is 0 Å². The van der Waals surface area contributed by atoms with E-state index < -0.39 is 0 Å². The summed E-state index contributed by atoms with van der Waals surface area (Å²) in [5.74, 6) is 3.06. The summed E-state index contributed by atoms with van der Waals surface area (Å²) in [5, 5.41) is 4.22. The zero-order valence-electron chi connectivity index (χ0n) is 9.55. The van der Waals surface area contributed by atoms with Crippen molar-refractivity contribution in [3.63, 3.8) is 0 Å². The van der Waals surface area contributed by atoms with Crippen molar-refractivity contribution in [2.45, 2.75) is 13.0 Å². The van der Waals surface area contributed by atoms with Crippen LogP contribution in [-0.2, 0) is 0 Å². The normalized spacial score (nSPS) is 20.8. The Balaban J connectivity index is 2.29. The van der Waals surface area contributed by atoms with Crippen molar-refractivity contribution in [1.82, 2.24) is 5.32 Å². The SMILES string of the molecule is COc1cc(C)c(C2CSCCN2)cc1Cl. The average molecular weight is 258 g/mol. The van der Waals surface area contributed by atoms with E-state index in [2.05, 4.69) is 12.2 Å². The number of rotatable bonds is 2. The molecule has 2 rings (SSSR count). The van der Waals surface area contributed by atoms with Gasteiger partial charge in [-0.2, -0.15) is 11.8 Å². The Bertz CT molecular complexity index is 378. The van der Waals surface area contributed by atoms with Crippen molar-refractivity contribution < 1.29 is 4.74 Å². The molecule has 0 aliphatic carbocycles. The van der Waals surface area contributed by atoms with E-state index in [0.29, 0.717) is 11.1 Å². The zero-order chi connectivity index (χ0) is 11.5. The number of halogens is 1. The highest BCUT2D eigenvalue weighted by Gasteiger charge is 2.18. The molecule has 0 radical (unpaired) electrons. The van der Waals surface area contributed by atoms with Crippen molar-refractivity contribution in [2.75, 3.05) is 25.2 Å². The topological polar surface area (TPSA) is 21.3 Å². The second-order valence-electron chi connectivity index (χ2n) is 3.92. The third kappa shape index (κ3) is 2.47. The molecule has 1 fully saturated rings. The number of aryl methyl sites for hydroxylation is 1. The molecule has 16 heavy (non-hydrogen) atoms. The van der Waals surface area contributed by atoms with Gasteiger partial charge in [0.25, 0.3) is 0 Å². The summed E-state index contributed by atoms with van der Waals surface area (Å²) in [6.07, 6.45) is 0. The molecular formula is C12H16ClNOS. The number of thioether (sulfide) groups is 1. The van der Waals surface area contributed by atoms with Gasteiger partial charge in [-0.1, -0.05) is 11.6 Å². The van der Waals surface area contributed by atoms with Gasteiger partial charge < -0.3 is 10.1 Å². The summed E-state index contributed by atoms with van der Waals surface area (Å²) in [7, 11) is 1.65. The highest BCUT2D eigenvalue weighted by Crippen LogP contribution is 2.32. The lowest BCUT2D eigenvalue weighted by Gasteiger charge is -2.25. The molecule has 0 saturated carbocycles. The molecule has 1 N–H and O–H groups in total. The van der Waals surface area contributed by atoms with Crippen LogP contribution in [0.2, 0.25) is 5.02 Å². The van der Waals surface area contributed by atoms with Crippen LogP contribution in [0.25, 0.3) is 0 Å². The van der Waals surface area contributed by atoms with Crippen LogP contribution in [0.3, 0.4) is 0 Å². The molecule has 1 unspecified atom stereocenters. The van der Waals surface area contributed by atoms with Gasteiger partial charge in [0.1, 0.15) is 5.75 Å². The van der Waals surface area contributed by atoms with Crippen molar-refractivity contribution in [1.29, 1.82) is 0 Å². The number of benzene rings is 1. The fourth-order valence-electron chi connectivity index (χ4n) is 1.97. The molecule has 1 aliphatic rings. The summed E-state index contributed by atoms with van der Waals surface area (Å²) in [4.78, 5) is 0. The van der Waals surface area contributed by atoms with Gasteiger partial charge in [0.05, 0.1) is 12.1 Å². The van der Waals surface area contributed by atoms with Crippen LogP contribution >= 0.6 is 23.4 Å². The van der Waals surface area contributed by atoms with E-state index in [9.17, 15) is 0 Å². The number of nitrogens with one attached hydrogen (secondary N) is 1. The first kappa shape index (κ1) is 12.1. The van der Waals surface area contributed by atoms with Crippen LogP contribution in [0.5, 0.6) is 5.75 Å². The number of hydrogen-bond donors (Lipinski definition) is 1. The van der Waals surface area contributed by atoms with Crippen molar-refractivity contribution in [2.24, 2.45) is 0 Å². The Morgan fingerprint density at radius 3 is 2.94 bits per heavy atom. The monoisotopic (exact) mass is 257 g/mol. The third-order valence-corrected chi connectivity index (χ3v) is 4.19. The Kier molecular flexibility index (Phi) is 4.00. The van der Waals surface area contributed by atoms with E-state index >= 15 is 0 Å². The smallest absolute Gasteiger partial charge is 0.137 e. The highest BCUT2D eigenvalue weighted by atomic mass is 35.5. The maximum atomic E-state index is 6.16. The van der Waals surface area contributed by atoms with Crippen LogP contribution in [0.15, 0.2) is 12.1 Å². The molecule has 2 nitrogen and oxygen atoms in total. The first-order chi connectivity index (χ1) is 7.72. The molecule has 88 valence electrons. The zero-order valence-corrected chi connectivity index (χ0v) is 11.1. The highest BCUT2D eigenvalue weighted by molar-refractivity contribution is 7.99. The fourth-order valence-corrected chi connectivity index (χ4v) is 3.18. The van der Waals surface area contributed by atoms with Gasteiger partial charge in [0, 0.05) is 24.1 Å². The summed E-state index contributed by atoms with van der Waals surface area (Å²) >= 11 is 8.15. The second kappa shape index (κ2) is 5.30. The van der Waals surface area contributed by atoms with Crippen molar-refractivity contribution in [3.8, 4) is 5.75 Å². The maximum absolute atomic E-state index is 6.16. The Labute approximate surface area is 106 Å². The molecule has 1 aromatic carbocycles. The minimum atomic E-state index is 0.419. The minimum Gasteiger partial charge on any atom is -0.495 e. The van der Waals surface area contributed by atoms with Gasteiger partial charge in [-0.3, -0.25) is 0 Å². The summed E-state index contributed by atoms with van der Waals surface area (Å²) in [6, 6.07) is 4.46. The Hall–Kier alpha value is -0.380. The minimum absolute atomic E-state index is 0.419. The van der Waals surface area contributed by atoms with E-state index in [1.807, 2.05) is 23.9 Å². The number of hydrogen-bond acceptors (Lipinski definition) is 3. The molecule has 1 saturated heterocycles. The Morgan fingerprint density at radius 1 is 1.50 bits per heavy atom. The number of ether oxygens (including phenoxy) is 1. The third-order valence-electron chi connectivity index (χ3n) is 2.84. The first-order valence-corrected chi connectivity index (χ1v) is 6.91. The van der Waals surface area contributed by atoms with E-state index in [-0.39, 0.29) is 0 Å². The van der Waals surface area contributed by atoms with Gasteiger partial charge >= 0.3 is 0 Å². The van der Waals surface area contributed by atoms with Gasteiger partial charge in [-0.25, -0.2) is 0 Å². The summed E-state index contributed by atoms with van der Waals surface area (Å²) < 4.78 is 5.21. The molecule has 0 aromatic heterocycles. The van der Waals surface area contributed by atoms with Gasteiger partial charge in [0.15, 0.2) is 0 Å². The molecule has 1 atom stereocenters. The van der Waals surface area contributed by atoms with Crippen LogP contribution in [0, 0.1) is 6.92 Å². The van der Waals surface area contributed by atoms with Gasteiger partial charge in [-0.05, 0) is 30.2 Å². The van der Waals surface area contributed by atoms with Crippen molar-refractivity contribution in [3.05, 3.63) is 28.3 Å². The largest absolute Gasteiger partial charge is 0.495 e. The molecule has 0 amide bonds. The van der Waals surface area contributed by atoms with E-state index in [0.717, 1.165) is 18.0 Å². The lowest BCUT2D eigenvalue weighted by molar-refractivity contribution is 0.414. The predicted octanol–water partition coefficient (Wildman–Crippen LogP) is 3.03. The molecule has 1 heterocycles. The lowest BCUT2D eigenvalue weighted by atomic mass is 10.0. The van der Waals surface area contributed by atoms with Crippen LogP contribution in [0.1, 0.15) is 17.2 Å². The molecule has 0 spiro atoms. The van der Waals surface area contributed by atoms with Crippen molar-refractivity contribution >= 4 is 23.4 Å². The molecule has 1 aromatic rings. The summed E-state index contributed by atoms with van der Waals surface area (Å²) in [6.45, 7) is 3.17. The quantitative estimate of drug-likeness (QED) is 0.880. The first-order valence-electron chi connectivity index (χ1n) is 5.37. The second-order valence-corrected chi connectivity index (χ2v) is 5.48. The van der Waals surface area contributed by atoms with Crippen LogP contribution in [0.4, 0.5) is 0 Å². The molecule has 4 heteroatoms. The standard InChI is InChI=1S/C12H16ClNOS/c1-8-5-12(15-2)10(13)6-9(8)11-7-16-4-3-14-11/h5-6,11,14H,3-4,7H2,1-2H3. The number of methoxy groups -OCH3 is 1. The van der Waals surface area contributed by atoms with Crippen LogP contribution < -0.4 is 10.1 Å². The van der Waals surface area contributed by atoms with E-state index in [1.54, 1.807) is 7.11 Å².